The van der Waals surface area contributed by atoms with Gasteiger partial charge in [-0.25, -0.2) is 0 Å². The zero-order valence-electron chi connectivity index (χ0n) is 5.85. The first-order valence-electron chi connectivity index (χ1n) is 3.09. The fourth-order valence-electron chi connectivity index (χ4n) is 1.15. The van der Waals surface area contributed by atoms with E-state index in [9.17, 15) is 0 Å². The third-order valence-electron chi connectivity index (χ3n) is 1.57. The molecule has 0 amide bonds. The van der Waals surface area contributed by atoms with Gasteiger partial charge in [0.05, 0.1) is 0 Å². The average molecular weight is 211 g/mol. The van der Waals surface area contributed by atoms with Gasteiger partial charge in [-0.05, 0) is 30.7 Å². The molecule has 2 heteroatoms. The van der Waals surface area contributed by atoms with Crippen LogP contribution in [0.15, 0.2) is 35.1 Å². The van der Waals surface area contributed by atoms with Crippen molar-refractivity contribution in [3.63, 3.8) is 0 Å². The van der Waals surface area contributed by atoms with Gasteiger partial charge in [0.25, 0.3) is 0 Å². The van der Waals surface area contributed by atoms with E-state index in [0.29, 0.717) is 0 Å². The van der Waals surface area contributed by atoms with E-state index in [1.165, 1.54) is 11.1 Å². The second-order valence-electron chi connectivity index (χ2n) is 2.37. The van der Waals surface area contributed by atoms with Crippen LogP contribution < -0.4 is 0 Å². The number of hydrogen-bond donors (Lipinski definition) is 0. The number of fused-ring (bicyclic) bond motifs is 1. The average Bonchev–Trinajstić information content (AvgIpc) is 2.22. The van der Waals surface area contributed by atoms with Gasteiger partial charge in [0.1, 0.15) is 12.4 Å². The predicted octanol–water partition coefficient (Wildman–Crippen LogP) is 1.78. The predicted molar refractivity (Wildman–Crippen MR) is 35.9 cm³/mol. The standard InChI is InChI=1S/C8H8O.Zr/c1-6-4-7-2-3-9-8(7)5-6;/h2,4-5H,3H2,1H3;. The zero-order chi connectivity index (χ0) is 6.27. The van der Waals surface area contributed by atoms with Crippen LogP contribution in [-0.4, -0.2) is 6.61 Å². The first kappa shape index (κ1) is 8.00. The quantitative estimate of drug-likeness (QED) is 0.593. The number of rotatable bonds is 0. The topological polar surface area (TPSA) is 9.23 Å². The molecule has 0 fully saturated rings. The summed E-state index contributed by atoms with van der Waals surface area (Å²) in [6, 6.07) is 0. The van der Waals surface area contributed by atoms with Gasteiger partial charge in [-0.15, -0.1) is 0 Å². The molecule has 0 aromatic heterocycles. The number of hydrogen-bond acceptors (Lipinski definition) is 1. The van der Waals surface area contributed by atoms with Crippen molar-refractivity contribution in [1.29, 1.82) is 0 Å². The molecule has 2 aliphatic rings. The van der Waals surface area contributed by atoms with Crippen molar-refractivity contribution in [1.82, 2.24) is 0 Å². The molecule has 1 aliphatic heterocycles. The van der Waals surface area contributed by atoms with Crippen molar-refractivity contribution in [2.75, 3.05) is 6.61 Å². The van der Waals surface area contributed by atoms with Crippen molar-refractivity contribution in [3.05, 3.63) is 35.1 Å². The molecular weight excluding hydrogens is 203 g/mol. The Balaban J connectivity index is 0.000000500. The Kier molecular flexibility index (Phi) is 2.30. The molecule has 1 heterocycles. The van der Waals surface area contributed by atoms with Gasteiger partial charge in [-0.1, -0.05) is 0 Å². The SMILES string of the molecule is CC1=CC2=CCOC2=C1.[Zr]. The maximum Gasteiger partial charge on any atom is 0.127 e. The Hall–Kier alpha value is -0.0969. The van der Waals surface area contributed by atoms with Gasteiger partial charge in [-0.2, -0.15) is 0 Å². The molecule has 50 valence electrons. The molecule has 0 radical (unpaired) electrons. The van der Waals surface area contributed by atoms with Crippen molar-refractivity contribution in [2.24, 2.45) is 0 Å². The van der Waals surface area contributed by atoms with Crippen molar-refractivity contribution in [2.45, 2.75) is 6.92 Å². The Morgan fingerprint density at radius 2 is 2.20 bits per heavy atom. The summed E-state index contributed by atoms with van der Waals surface area (Å²) in [5, 5.41) is 0. The molecule has 0 N–H and O–H groups in total. The summed E-state index contributed by atoms with van der Waals surface area (Å²) in [4.78, 5) is 0. The van der Waals surface area contributed by atoms with E-state index in [4.69, 9.17) is 4.74 Å². The van der Waals surface area contributed by atoms with Crippen LogP contribution >= 0.6 is 0 Å². The summed E-state index contributed by atoms with van der Waals surface area (Å²) < 4.78 is 5.26. The minimum absolute atomic E-state index is 0. The van der Waals surface area contributed by atoms with Crippen LogP contribution in [0.1, 0.15) is 6.92 Å². The van der Waals surface area contributed by atoms with Gasteiger partial charge < -0.3 is 4.74 Å². The molecule has 1 aliphatic carbocycles. The maximum atomic E-state index is 5.26. The molecule has 0 saturated heterocycles. The number of allylic oxidation sites excluding steroid dienone is 3. The van der Waals surface area contributed by atoms with E-state index in [0.717, 1.165) is 12.4 Å². The van der Waals surface area contributed by atoms with Gasteiger partial charge in [0.15, 0.2) is 0 Å². The van der Waals surface area contributed by atoms with E-state index in [2.05, 4.69) is 25.2 Å². The summed E-state index contributed by atoms with van der Waals surface area (Å²) in [5.74, 6) is 1.05. The smallest absolute Gasteiger partial charge is 0.127 e. The summed E-state index contributed by atoms with van der Waals surface area (Å²) in [6.45, 7) is 2.83. The monoisotopic (exact) mass is 210 g/mol. The van der Waals surface area contributed by atoms with E-state index in [1.54, 1.807) is 0 Å². The molecule has 0 atom stereocenters. The zero-order valence-corrected chi connectivity index (χ0v) is 8.31. The fraction of sp³-hybridized carbons (Fsp3) is 0.250. The minimum atomic E-state index is 0. The molecule has 1 nitrogen and oxygen atoms in total. The Morgan fingerprint density at radius 3 is 2.90 bits per heavy atom. The first-order chi connectivity index (χ1) is 4.36. The molecule has 0 aromatic carbocycles. The maximum absolute atomic E-state index is 5.26. The Bertz CT molecular complexity index is 236. The van der Waals surface area contributed by atoms with Crippen LogP contribution in [0.4, 0.5) is 0 Å². The fourth-order valence-corrected chi connectivity index (χ4v) is 1.15. The third kappa shape index (κ3) is 1.17. The van der Waals surface area contributed by atoms with Crippen LogP contribution in [0.3, 0.4) is 0 Å². The minimum Gasteiger partial charge on any atom is -0.489 e. The van der Waals surface area contributed by atoms with Crippen LogP contribution in [0.25, 0.3) is 0 Å². The van der Waals surface area contributed by atoms with E-state index < -0.39 is 0 Å². The largest absolute Gasteiger partial charge is 0.489 e. The van der Waals surface area contributed by atoms with Crippen LogP contribution in [0.5, 0.6) is 0 Å². The van der Waals surface area contributed by atoms with E-state index in [-0.39, 0.29) is 26.2 Å². The van der Waals surface area contributed by atoms with E-state index in [1.807, 2.05) is 0 Å². The normalized spacial score (nSPS) is 19.9. The van der Waals surface area contributed by atoms with Gasteiger partial charge in [0, 0.05) is 31.8 Å². The Labute approximate surface area is 79.6 Å². The van der Waals surface area contributed by atoms with Gasteiger partial charge in [-0.3, -0.25) is 0 Å². The summed E-state index contributed by atoms with van der Waals surface area (Å²) >= 11 is 0. The van der Waals surface area contributed by atoms with Crippen molar-refractivity contribution in [3.8, 4) is 0 Å². The first-order valence-corrected chi connectivity index (χ1v) is 3.09. The Morgan fingerprint density at radius 1 is 1.40 bits per heavy atom. The van der Waals surface area contributed by atoms with Gasteiger partial charge >= 0.3 is 0 Å². The summed E-state index contributed by atoms with van der Waals surface area (Å²) in [6.07, 6.45) is 6.31. The third-order valence-corrected chi connectivity index (χ3v) is 1.57. The molecule has 0 unspecified atom stereocenters. The molecule has 0 saturated carbocycles. The molecular formula is C8H8OZr. The molecule has 0 bridgehead atoms. The van der Waals surface area contributed by atoms with Crippen LogP contribution in [0.2, 0.25) is 0 Å². The summed E-state index contributed by atoms with van der Waals surface area (Å²) in [7, 11) is 0. The van der Waals surface area contributed by atoms with Crippen LogP contribution in [-0.2, 0) is 30.9 Å². The van der Waals surface area contributed by atoms with Crippen LogP contribution in [0, 0.1) is 0 Å². The second-order valence-corrected chi connectivity index (χ2v) is 2.37. The van der Waals surface area contributed by atoms with Crippen molar-refractivity contribution >= 4 is 0 Å². The summed E-state index contributed by atoms with van der Waals surface area (Å²) in [5.41, 5.74) is 2.54. The molecule has 2 rings (SSSR count). The molecule has 0 spiro atoms. The van der Waals surface area contributed by atoms with Crippen molar-refractivity contribution < 1.29 is 30.9 Å². The van der Waals surface area contributed by atoms with E-state index >= 15 is 0 Å². The van der Waals surface area contributed by atoms with Gasteiger partial charge in [0.2, 0.25) is 0 Å². The molecule has 0 aromatic rings. The number of ether oxygens (including phenoxy) is 1. The second kappa shape index (κ2) is 2.88. The molecule has 10 heavy (non-hydrogen) atoms.